The summed E-state index contributed by atoms with van der Waals surface area (Å²) in [5, 5.41) is 14.4. The van der Waals surface area contributed by atoms with Gasteiger partial charge in [0.05, 0.1) is 12.2 Å². The molecular weight excluding hydrogens is 328 g/mol. The Kier molecular flexibility index (Phi) is 4.35. The minimum atomic E-state index is 0.113. The van der Waals surface area contributed by atoms with Crippen LogP contribution in [0.5, 0.6) is 0 Å². The molecule has 2 aromatic carbocycles. The fraction of sp³-hybridized carbons (Fsp3) is 0.263. The number of carbonyl (C=O) groups is 1. The van der Waals surface area contributed by atoms with Crippen LogP contribution >= 0.6 is 0 Å². The molecule has 1 aromatic heterocycles. The van der Waals surface area contributed by atoms with Crippen LogP contribution in [0.2, 0.25) is 0 Å². The number of benzene rings is 2. The van der Waals surface area contributed by atoms with Gasteiger partial charge in [0, 0.05) is 18.8 Å². The van der Waals surface area contributed by atoms with Crippen molar-refractivity contribution in [3.63, 3.8) is 0 Å². The van der Waals surface area contributed by atoms with Gasteiger partial charge in [0.25, 0.3) is 0 Å². The van der Waals surface area contributed by atoms with Gasteiger partial charge in [0.1, 0.15) is 6.33 Å². The molecule has 0 saturated carbocycles. The van der Waals surface area contributed by atoms with E-state index < -0.39 is 0 Å². The van der Waals surface area contributed by atoms with E-state index in [1.165, 1.54) is 11.1 Å². The second-order valence-electron chi connectivity index (χ2n) is 6.44. The Morgan fingerprint density at radius 3 is 2.81 bits per heavy atom. The summed E-state index contributed by atoms with van der Waals surface area (Å²) in [6.07, 6.45) is 2.48. The zero-order chi connectivity index (χ0) is 17.9. The van der Waals surface area contributed by atoms with Crippen LogP contribution in [-0.4, -0.2) is 44.1 Å². The maximum atomic E-state index is 12.6. The number of tetrazole rings is 1. The topological polar surface area (TPSA) is 75.9 Å². The second-order valence-corrected chi connectivity index (χ2v) is 6.44. The van der Waals surface area contributed by atoms with Crippen molar-refractivity contribution in [2.24, 2.45) is 0 Å². The zero-order valence-corrected chi connectivity index (χ0v) is 14.6. The van der Waals surface area contributed by atoms with E-state index in [0.717, 1.165) is 29.9 Å². The SMILES string of the molecule is Cc1cc(NCC(=O)N2CCc3ccccc3C2)ccc1-n1cnnn1. The van der Waals surface area contributed by atoms with Crippen LogP contribution in [0.3, 0.4) is 0 Å². The smallest absolute Gasteiger partial charge is 0.242 e. The highest BCUT2D eigenvalue weighted by atomic mass is 16.2. The summed E-state index contributed by atoms with van der Waals surface area (Å²) in [6.45, 7) is 3.74. The number of amides is 1. The number of carbonyl (C=O) groups excluding carboxylic acids is 1. The molecule has 0 spiro atoms. The van der Waals surface area contributed by atoms with Crippen molar-refractivity contribution in [3.05, 3.63) is 65.5 Å². The Hall–Kier alpha value is -3.22. The first kappa shape index (κ1) is 16.3. The normalized spacial score (nSPS) is 13.3. The second kappa shape index (κ2) is 6.95. The molecule has 2 heterocycles. The van der Waals surface area contributed by atoms with Gasteiger partial charge >= 0.3 is 0 Å². The van der Waals surface area contributed by atoms with Crippen molar-refractivity contribution in [3.8, 4) is 5.69 Å². The Labute approximate surface area is 151 Å². The summed E-state index contributed by atoms with van der Waals surface area (Å²) >= 11 is 0. The monoisotopic (exact) mass is 348 g/mol. The Balaban J connectivity index is 1.38. The molecule has 1 amide bonds. The average molecular weight is 348 g/mol. The fourth-order valence-corrected chi connectivity index (χ4v) is 3.29. The van der Waals surface area contributed by atoms with Crippen LogP contribution < -0.4 is 5.32 Å². The fourth-order valence-electron chi connectivity index (χ4n) is 3.29. The molecule has 1 aliphatic rings. The minimum Gasteiger partial charge on any atom is -0.376 e. The molecule has 0 radical (unpaired) electrons. The number of anilines is 1. The highest BCUT2D eigenvalue weighted by molar-refractivity contribution is 5.81. The number of hydrogen-bond acceptors (Lipinski definition) is 5. The molecule has 132 valence electrons. The van der Waals surface area contributed by atoms with Gasteiger partial charge in [-0.2, -0.15) is 0 Å². The van der Waals surface area contributed by atoms with Gasteiger partial charge in [-0.15, -0.1) is 5.10 Å². The predicted octanol–water partition coefficient (Wildman–Crippen LogP) is 1.97. The molecule has 1 aliphatic heterocycles. The quantitative estimate of drug-likeness (QED) is 0.780. The number of hydrogen-bond donors (Lipinski definition) is 1. The van der Waals surface area contributed by atoms with E-state index in [-0.39, 0.29) is 12.5 Å². The lowest BCUT2D eigenvalue weighted by Gasteiger charge is -2.29. The van der Waals surface area contributed by atoms with Crippen molar-refractivity contribution in [1.82, 2.24) is 25.1 Å². The van der Waals surface area contributed by atoms with Crippen LogP contribution in [0.1, 0.15) is 16.7 Å². The van der Waals surface area contributed by atoms with Gasteiger partial charge in [-0.05, 0) is 58.7 Å². The molecule has 0 bridgehead atoms. The number of fused-ring (bicyclic) bond motifs is 1. The summed E-state index contributed by atoms with van der Waals surface area (Å²) < 4.78 is 1.62. The summed E-state index contributed by atoms with van der Waals surface area (Å²) in [4.78, 5) is 14.5. The van der Waals surface area contributed by atoms with Gasteiger partial charge in [-0.1, -0.05) is 24.3 Å². The molecular formula is C19H20N6O. The van der Waals surface area contributed by atoms with Crippen LogP contribution in [0.15, 0.2) is 48.8 Å². The zero-order valence-electron chi connectivity index (χ0n) is 14.6. The first-order valence-electron chi connectivity index (χ1n) is 8.63. The summed E-state index contributed by atoms with van der Waals surface area (Å²) in [6, 6.07) is 14.2. The third-order valence-electron chi connectivity index (χ3n) is 4.72. The highest BCUT2D eigenvalue weighted by Gasteiger charge is 2.20. The molecule has 3 aromatic rings. The molecule has 0 aliphatic carbocycles. The largest absolute Gasteiger partial charge is 0.376 e. The minimum absolute atomic E-state index is 0.113. The van der Waals surface area contributed by atoms with E-state index in [4.69, 9.17) is 0 Å². The summed E-state index contributed by atoms with van der Waals surface area (Å²) in [5.41, 5.74) is 5.44. The molecule has 0 fully saturated rings. The van der Waals surface area contributed by atoms with E-state index in [2.05, 4.69) is 39.0 Å². The lowest BCUT2D eigenvalue weighted by atomic mass is 10.00. The van der Waals surface area contributed by atoms with Gasteiger partial charge in [-0.25, -0.2) is 4.68 Å². The number of nitrogens with zero attached hydrogens (tertiary/aromatic N) is 5. The van der Waals surface area contributed by atoms with E-state index >= 15 is 0 Å². The standard InChI is InChI=1S/C19H20N6O/c1-14-10-17(6-7-18(14)25-13-21-22-23-25)20-11-19(26)24-9-8-15-4-2-3-5-16(15)12-24/h2-7,10,13,20H,8-9,11-12H2,1H3. The molecule has 0 atom stereocenters. The molecule has 0 saturated heterocycles. The van der Waals surface area contributed by atoms with E-state index in [1.807, 2.05) is 36.1 Å². The van der Waals surface area contributed by atoms with Gasteiger partial charge in [0.2, 0.25) is 5.91 Å². The number of nitrogens with one attached hydrogen (secondary N) is 1. The molecule has 0 unspecified atom stereocenters. The third kappa shape index (κ3) is 3.28. The lowest BCUT2D eigenvalue weighted by molar-refractivity contribution is -0.130. The first-order valence-corrected chi connectivity index (χ1v) is 8.63. The van der Waals surface area contributed by atoms with Crippen molar-refractivity contribution in [1.29, 1.82) is 0 Å². The van der Waals surface area contributed by atoms with Gasteiger partial charge in [-0.3, -0.25) is 4.79 Å². The van der Waals surface area contributed by atoms with Crippen LogP contribution in [-0.2, 0) is 17.8 Å². The predicted molar refractivity (Wildman–Crippen MR) is 97.9 cm³/mol. The Bertz CT molecular complexity index is 922. The maximum absolute atomic E-state index is 12.6. The van der Waals surface area contributed by atoms with Crippen molar-refractivity contribution in [2.75, 3.05) is 18.4 Å². The third-order valence-corrected chi connectivity index (χ3v) is 4.72. The van der Waals surface area contributed by atoms with Crippen LogP contribution in [0.25, 0.3) is 5.69 Å². The average Bonchev–Trinajstić information content (AvgIpc) is 3.20. The molecule has 1 N–H and O–H groups in total. The maximum Gasteiger partial charge on any atom is 0.242 e. The van der Waals surface area contributed by atoms with Gasteiger partial charge in [0.15, 0.2) is 0 Å². The van der Waals surface area contributed by atoms with Crippen molar-refractivity contribution < 1.29 is 4.79 Å². The first-order chi connectivity index (χ1) is 12.7. The Morgan fingerprint density at radius 2 is 2.04 bits per heavy atom. The number of rotatable bonds is 4. The summed E-state index contributed by atoms with van der Waals surface area (Å²) in [7, 11) is 0. The van der Waals surface area contributed by atoms with Crippen molar-refractivity contribution >= 4 is 11.6 Å². The highest BCUT2D eigenvalue weighted by Crippen LogP contribution is 2.20. The Morgan fingerprint density at radius 1 is 1.19 bits per heavy atom. The van der Waals surface area contributed by atoms with Gasteiger partial charge < -0.3 is 10.2 Å². The van der Waals surface area contributed by atoms with E-state index in [1.54, 1.807) is 11.0 Å². The summed E-state index contributed by atoms with van der Waals surface area (Å²) in [5.74, 6) is 0.113. The molecule has 4 rings (SSSR count). The van der Waals surface area contributed by atoms with Crippen LogP contribution in [0, 0.1) is 6.92 Å². The van der Waals surface area contributed by atoms with E-state index in [9.17, 15) is 4.79 Å². The van der Waals surface area contributed by atoms with E-state index in [0.29, 0.717) is 6.54 Å². The van der Waals surface area contributed by atoms with Crippen molar-refractivity contribution in [2.45, 2.75) is 19.9 Å². The lowest BCUT2D eigenvalue weighted by Crippen LogP contribution is -2.39. The number of aryl methyl sites for hydroxylation is 1. The molecule has 7 nitrogen and oxygen atoms in total. The number of aromatic nitrogens is 4. The molecule has 26 heavy (non-hydrogen) atoms. The molecule has 7 heteroatoms. The van der Waals surface area contributed by atoms with Crippen LogP contribution in [0.4, 0.5) is 5.69 Å².